The van der Waals surface area contributed by atoms with Crippen molar-refractivity contribution in [3.63, 3.8) is 0 Å². The van der Waals surface area contributed by atoms with Gasteiger partial charge in [-0.15, -0.1) is 0 Å². The maximum Gasteiger partial charge on any atom is 0.413 e. The first-order chi connectivity index (χ1) is 7.20. The van der Waals surface area contributed by atoms with Gasteiger partial charge in [-0.25, -0.2) is 14.2 Å². The van der Waals surface area contributed by atoms with Gasteiger partial charge in [-0.2, -0.15) is 0 Å². The van der Waals surface area contributed by atoms with Crippen molar-refractivity contribution in [3.05, 3.63) is 24.0 Å². The number of ether oxygens (including phenoxy) is 1. The van der Waals surface area contributed by atoms with Crippen molar-refractivity contribution in [1.82, 2.24) is 9.97 Å². The molecule has 6 heteroatoms. The molecule has 0 radical (unpaired) electrons. The van der Waals surface area contributed by atoms with Crippen molar-refractivity contribution in [1.29, 1.82) is 0 Å². The molecule has 1 aromatic carbocycles. The summed E-state index contributed by atoms with van der Waals surface area (Å²) in [6.45, 7) is 0. The third kappa shape index (κ3) is 1.74. The van der Waals surface area contributed by atoms with E-state index < -0.39 is 11.9 Å². The quantitative estimate of drug-likeness (QED) is 0.753. The number of carbonyl (C=O) groups is 1. The third-order valence-electron chi connectivity index (χ3n) is 1.87. The minimum atomic E-state index is -0.658. The number of H-pyrrole nitrogens is 1. The van der Waals surface area contributed by atoms with E-state index >= 15 is 0 Å². The van der Waals surface area contributed by atoms with E-state index in [2.05, 4.69) is 20.0 Å². The molecule has 2 aromatic rings. The maximum absolute atomic E-state index is 13.2. The lowest BCUT2D eigenvalue weighted by molar-refractivity contribution is 0.186. The van der Waals surface area contributed by atoms with Gasteiger partial charge >= 0.3 is 6.09 Å². The Kier molecular flexibility index (Phi) is 2.24. The van der Waals surface area contributed by atoms with Crippen LogP contribution in [0.1, 0.15) is 0 Å². The van der Waals surface area contributed by atoms with E-state index in [0.717, 1.165) is 0 Å². The first-order valence-electron chi connectivity index (χ1n) is 4.20. The first kappa shape index (κ1) is 9.45. The summed E-state index contributed by atoms with van der Waals surface area (Å²) < 4.78 is 17.6. The van der Waals surface area contributed by atoms with Crippen LogP contribution in [-0.4, -0.2) is 23.2 Å². The molecule has 0 saturated heterocycles. The van der Waals surface area contributed by atoms with Gasteiger partial charge in [0.25, 0.3) is 0 Å². The number of hydrogen-bond acceptors (Lipinski definition) is 3. The van der Waals surface area contributed by atoms with Crippen molar-refractivity contribution in [2.75, 3.05) is 12.4 Å². The second-order valence-electron chi connectivity index (χ2n) is 2.84. The smallest absolute Gasteiger partial charge is 0.413 e. The molecule has 1 aromatic heterocycles. The molecular weight excluding hydrogens is 201 g/mol. The third-order valence-corrected chi connectivity index (χ3v) is 1.87. The number of nitrogens with zero attached hydrogens (tertiary/aromatic N) is 1. The average molecular weight is 209 g/mol. The number of carbonyl (C=O) groups excluding carboxylic acids is 1. The fourth-order valence-electron chi connectivity index (χ4n) is 1.20. The van der Waals surface area contributed by atoms with Crippen LogP contribution in [0.5, 0.6) is 0 Å². The number of nitrogens with one attached hydrogen (secondary N) is 2. The summed E-state index contributed by atoms with van der Waals surface area (Å²) in [4.78, 5) is 17.5. The average Bonchev–Trinajstić information content (AvgIpc) is 2.62. The predicted octanol–water partition coefficient (Wildman–Crippen LogP) is 1.88. The molecule has 0 saturated carbocycles. The Morgan fingerprint density at radius 1 is 1.60 bits per heavy atom. The van der Waals surface area contributed by atoms with Gasteiger partial charge in [-0.3, -0.25) is 5.32 Å². The molecule has 78 valence electrons. The summed E-state index contributed by atoms with van der Waals surface area (Å²) in [6.07, 6.45) is -0.658. The van der Waals surface area contributed by atoms with Crippen LogP contribution in [0.4, 0.5) is 15.1 Å². The number of hydrogen-bond donors (Lipinski definition) is 2. The van der Waals surface area contributed by atoms with Gasteiger partial charge in [0.15, 0.2) is 5.82 Å². The maximum atomic E-state index is 13.2. The number of para-hydroxylation sites is 1. The van der Waals surface area contributed by atoms with E-state index in [-0.39, 0.29) is 11.5 Å². The Morgan fingerprint density at radius 3 is 3.07 bits per heavy atom. The topological polar surface area (TPSA) is 67.0 Å². The van der Waals surface area contributed by atoms with Crippen LogP contribution in [0, 0.1) is 5.82 Å². The first-order valence-corrected chi connectivity index (χ1v) is 4.20. The molecular formula is C9H8FN3O2. The number of rotatable bonds is 1. The molecule has 1 heterocycles. The van der Waals surface area contributed by atoms with Crippen LogP contribution in [0.25, 0.3) is 11.0 Å². The minimum Gasteiger partial charge on any atom is -0.453 e. The lowest BCUT2D eigenvalue weighted by atomic mass is 10.3. The molecule has 0 unspecified atom stereocenters. The number of amides is 1. The number of imidazole rings is 1. The molecule has 0 aliphatic rings. The molecule has 2 N–H and O–H groups in total. The van der Waals surface area contributed by atoms with E-state index in [1.807, 2.05) is 0 Å². The van der Waals surface area contributed by atoms with Crippen LogP contribution in [-0.2, 0) is 4.74 Å². The van der Waals surface area contributed by atoms with Crippen molar-refractivity contribution in [2.24, 2.45) is 0 Å². The number of methoxy groups -OCH3 is 1. The molecule has 0 spiro atoms. The number of benzene rings is 1. The van der Waals surface area contributed by atoms with Crippen LogP contribution in [0.15, 0.2) is 18.2 Å². The van der Waals surface area contributed by atoms with Crippen molar-refractivity contribution in [3.8, 4) is 0 Å². The zero-order valence-electron chi connectivity index (χ0n) is 7.87. The number of halogens is 1. The highest BCUT2D eigenvalue weighted by Gasteiger charge is 2.08. The second kappa shape index (κ2) is 3.56. The molecule has 2 rings (SSSR count). The number of anilines is 1. The van der Waals surface area contributed by atoms with E-state index in [0.29, 0.717) is 5.52 Å². The standard InChI is InChI=1S/C9H8FN3O2/c1-15-9(14)13-8-11-6-4-2-3-5(10)7(6)12-8/h2-4H,1H3,(H2,11,12,13,14). The zero-order valence-corrected chi connectivity index (χ0v) is 7.87. The number of fused-ring (bicyclic) bond motifs is 1. The van der Waals surface area contributed by atoms with Gasteiger partial charge in [0, 0.05) is 0 Å². The van der Waals surface area contributed by atoms with Crippen molar-refractivity contribution in [2.45, 2.75) is 0 Å². The molecule has 0 atom stereocenters. The van der Waals surface area contributed by atoms with Crippen LogP contribution < -0.4 is 5.32 Å². The Hall–Kier alpha value is -2.11. The minimum absolute atomic E-state index is 0.155. The van der Waals surface area contributed by atoms with Gasteiger partial charge in [-0.1, -0.05) is 6.07 Å². The molecule has 0 aliphatic carbocycles. The monoisotopic (exact) mass is 209 g/mol. The molecule has 15 heavy (non-hydrogen) atoms. The lowest BCUT2D eigenvalue weighted by Crippen LogP contribution is -2.11. The Labute approximate surface area is 84.3 Å². The highest BCUT2D eigenvalue weighted by atomic mass is 19.1. The lowest BCUT2D eigenvalue weighted by Gasteiger charge is -1.96. The highest BCUT2D eigenvalue weighted by molar-refractivity contribution is 5.86. The highest BCUT2D eigenvalue weighted by Crippen LogP contribution is 2.16. The summed E-state index contributed by atoms with van der Waals surface area (Å²) in [5, 5.41) is 2.31. The molecule has 0 fully saturated rings. The molecule has 0 bridgehead atoms. The Bertz CT molecular complexity index is 509. The summed E-state index contributed by atoms with van der Waals surface area (Å²) in [6, 6.07) is 4.51. The predicted molar refractivity (Wildman–Crippen MR) is 52.1 cm³/mol. The van der Waals surface area contributed by atoms with Gasteiger partial charge in [-0.05, 0) is 12.1 Å². The van der Waals surface area contributed by atoms with E-state index in [1.54, 1.807) is 12.1 Å². The molecule has 0 aliphatic heterocycles. The summed E-state index contributed by atoms with van der Waals surface area (Å²) in [5.41, 5.74) is 0.699. The fourth-order valence-corrected chi connectivity index (χ4v) is 1.20. The van der Waals surface area contributed by atoms with E-state index in [1.165, 1.54) is 13.2 Å². The fraction of sp³-hybridized carbons (Fsp3) is 0.111. The number of aromatic nitrogens is 2. The second-order valence-corrected chi connectivity index (χ2v) is 2.84. The largest absolute Gasteiger partial charge is 0.453 e. The summed E-state index contributed by atoms with van der Waals surface area (Å²) in [5.74, 6) is -0.288. The number of aromatic amines is 1. The van der Waals surface area contributed by atoms with Crippen molar-refractivity contribution >= 4 is 23.1 Å². The van der Waals surface area contributed by atoms with E-state index in [9.17, 15) is 9.18 Å². The normalized spacial score (nSPS) is 10.3. The summed E-state index contributed by atoms with van der Waals surface area (Å²) >= 11 is 0. The van der Waals surface area contributed by atoms with Gasteiger partial charge in [0.1, 0.15) is 5.52 Å². The summed E-state index contributed by atoms with van der Waals surface area (Å²) in [7, 11) is 1.23. The van der Waals surface area contributed by atoms with E-state index in [4.69, 9.17) is 0 Å². The van der Waals surface area contributed by atoms with Crippen LogP contribution in [0.2, 0.25) is 0 Å². The van der Waals surface area contributed by atoms with Gasteiger partial charge in [0.2, 0.25) is 5.95 Å². The van der Waals surface area contributed by atoms with Gasteiger partial charge < -0.3 is 9.72 Å². The zero-order chi connectivity index (χ0) is 10.8. The molecule has 5 nitrogen and oxygen atoms in total. The van der Waals surface area contributed by atoms with Crippen LogP contribution in [0.3, 0.4) is 0 Å². The van der Waals surface area contributed by atoms with Crippen LogP contribution >= 0.6 is 0 Å². The van der Waals surface area contributed by atoms with Gasteiger partial charge in [0.05, 0.1) is 12.6 Å². The molecule has 1 amide bonds. The SMILES string of the molecule is COC(=O)Nc1nc2c(F)cccc2[nH]1. The Balaban J connectivity index is 2.39. The van der Waals surface area contributed by atoms with Crippen molar-refractivity contribution < 1.29 is 13.9 Å². The Morgan fingerprint density at radius 2 is 2.40 bits per heavy atom.